The van der Waals surface area contributed by atoms with Gasteiger partial charge in [-0.1, -0.05) is 17.7 Å². The highest BCUT2D eigenvalue weighted by atomic mass is 35.5. The number of nitrogens with zero attached hydrogens (tertiary/aromatic N) is 5. The molecule has 1 aliphatic heterocycles. The molecule has 6 nitrogen and oxygen atoms in total. The van der Waals surface area contributed by atoms with Crippen molar-refractivity contribution >= 4 is 28.3 Å². The summed E-state index contributed by atoms with van der Waals surface area (Å²) < 4.78 is 15.2. The first-order valence-electron chi connectivity index (χ1n) is 10.6. The minimum Gasteiger partial charge on any atom is -0.364 e. The van der Waals surface area contributed by atoms with Crippen LogP contribution >= 0.6 is 11.6 Å². The van der Waals surface area contributed by atoms with Crippen molar-refractivity contribution in [3.63, 3.8) is 0 Å². The Balaban J connectivity index is 1.69. The summed E-state index contributed by atoms with van der Waals surface area (Å²) in [6.45, 7) is 7.77. The normalized spacial score (nSPS) is 20.3. The van der Waals surface area contributed by atoms with Gasteiger partial charge < -0.3 is 9.47 Å². The summed E-state index contributed by atoms with van der Waals surface area (Å²) in [5.41, 5.74) is 3.26. The fourth-order valence-electron chi connectivity index (χ4n) is 4.59. The first kappa shape index (κ1) is 22.3. The molecule has 1 unspecified atom stereocenters. The maximum atomic E-state index is 13.6. The number of aromatic nitrogens is 2. The van der Waals surface area contributed by atoms with Gasteiger partial charge in [0, 0.05) is 44.3 Å². The van der Waals surface area contributed by atoms with Crippen molar-refractivity contribution in [1.82, 2.24) is 14.5 Å². The number of hydrogen-bond donors (Lipinski definition) is 0. The molecule has 166 valence electrons. The number of halogens is 2. The van der Waals surface area contributed by atoms with E-state index in [-0.39, 0.29) is 28.7 Å². The molecule has 0 amide bonds. The molecule has 2 aromatic heterocycles. The van der Waals surface area contributed by atoms with Crippen molar-refractivity contribution in [2.45, 2.75) is 38.9 Å². The quantitative estimate of drug-likeness (QED) is 0.593. The van der Waals surface area contributed by atoms with Crippen LogP contribution < -0.4 is 10.5 Å². The van der Waals surface area contributed by atoms with E-state index in [4.69, 9.17) is 11.6 Å². The number of hydrogen-bond acceptors (Lipinski definition) is 5. The van der Waals surface area contributed by atoms with Gasteiger partial charge in [-0.15, -0.1) is 0 Å². The summed E-state index contributed by atoms with van der Waals surface area (Å²) in [6, 6.07) is 12.3. The highest BCUT2D eigenvalue weighted by Gasteiger charge is 2.33. The van der Waals surface area contributed by atoms with E-state index in [1.54, 1.807) is 41.9 Å². The van der Waals surface area contributed by atoms with Crippen LogP contribution in [0.3, 0.4) is 0 Å². The minimum atomic E-state index is -0.421. The van der Waals surface area contributed by atoms with Crippen LogP contribution in [0.25, 0.3) is 11.0 Å². The van der Waals surface area contributed by atoms with Crippen molar-refractivity contribution in [2.24, 2.45) is 7.05 Å². The summed E-state index contributed by atoms with van der Waals surface area (Å²) in [4.78, 5) is 21.7. The van der Waals surface area contributed by atoms with Gasteiger partial charge in [0.1, 0.15) is 23.1 Å². The Morgan fingerprint density at radius 3 is 2.62 bits per heavy atom. The second-order valence-electron chi connectivity index (χ2n) is 8.50. The van der Waals surface area contributed by atoms with Crippen molar-refractivity contribution in [3.05, 3.63) is 68.8 Å². The third kappa shape index (κ3) is 3.85. The lowest BCUT2D eigenvalue weighted by molar-refractivity contribution is 0.119. The molecule has 1 fully saturated rings. The predicted molar refractivity (Wildman–Crippen MR) is 125 cm³/mol. The smallest absolute Gasteiger partial charge is 0.252 e. The molecule has 32 heavy (non-hydrogen) atoms. The molecule has 3 atom stereocenters. The van der Waals surface area contributed by atoms with Crippen LogP contribution in [-0.2, 0) is 7.05 Å². The molecule has 0 N–H and O–H groups in total. The Morgan fingerprint density at radius 1 is 1.19 bits per heavy atom. The van der Waals surface area contributed by atoms with Crippen molar-refractivity contribution in [3.8, 4) is 6.07 Å². The number of rotatable bonds is 3. The van der Waals surface area contributed by atoms with Gasteiger partial charge in [0.15, 0.2) is 0 Å². The fourth-order valence-corrected chi connectivity index (χ4v) is 4.77. The third-order valence-corrected chi connectivity index (χ3v) is 6.74. The van der Waals surface area contributed by atoms with E-state index in [1.807, 2.05) is 0 Å². The van der Waals surface area contributed by atoms with E-state index >= 15 is 0 Å². The second kappa shape index (κ2) is 8.53. The standard InChI is InChI=1S/C24H25ClFN5O/c1-14-13-31(15(2)12-30(14)16(3)17-5-7-20(26)19(25)9-17)22-10-23(32)29(4)21-8-6-18(11-27)28-24(21)22/h5-10,14-16H,12-13H2,1-4H3/t14-,15+,16?/m1/s1. The highest BCUT2D eigenvalue weighted by Crippen LogP contribution is 2.33. The van der Waals surface area contributed by atoms with Crippen LogP contribution in [0.1, 0.15) is 38.1 Å². The van der Waals surface area contributed by atoms with Gasteiger partial charge in [-0.3, -0.25) is 9.69 Å². The Bertz CT molecular complexity index is 1280. The predicted octanol–water partition coefficient (Wildman–Crippen LogP) is 4.26. The SMILES string of the molecule is CC(c1ccc(F)c(Cl)c1)N1C[C@H](C)N(c2cc(=O)n(C)c3ccc(C#N)nc23)C[C@H]1C. The number of anilines is 1. The molecule has 8 heteroatoms. The van der Waals surface area contributed by atoms with Crippen molar-refractivity contribution in [2.75, 3.05) is 18.0 Å². The Hall–Kier alpha value is -2.95. The van der Waals surface area contributed by atoms with Crippen molar-refractivity contribution in [1.29, 1.82) is 5.26 Å². The molecule has 3 heterocycles. The van der Waals surface area contributed by atoms with E-state index < -0.39 is 5.82 Å². The molecule has 0 saturated carbocycles. The zero-order valence-corrected chi connectivity index (χ0v) is 19.3. The Kier molecular flexibility index (Phi) is 5.93. The lowest BCUT2D eigenvalue weighted by Gasteiger charge is -2.47. The summed E-state index contributed by atoms with van der Waals surface area (Å²) in [6.07, 6.45) is 0. The zero-order chi connectivity index (χ0) is 23.2. The fraction of sp³-hybridized carbons (Fsp3) is 0.375. The number of aryl methyl sites for hydroxylation is 1. The number of piperazine rings is 1. The molecule has 0 radical (unpaired) electrons. The van der Waals surface area contributed by atoms with E-state index in [9.17, 15) is 14.4 Å². The molecule has 1 aliphatic rings. The first-order valence-corrected chi connectivity index (χ1v) is 11.0. The first-order chi connectivity index (χ1) is 15.2. The van der Waals surface area contributed by atoms with E-state index in [0.29, 0.717) is 23.3 Å². The maximum absolute atomic E-state index is 13.6. The summed E-state index contributed by atoms with van der Waals surface area (Å²) in [5, 5.41) is 9.45. The molecule has 3 aromatic rings. The van der Waals surface area contributed by atoms with Gasteiger partial charge >= 0.3 is 0 Å². The average molecular weight is 454 g/mol. The summed E-state index contributed by atoms with van der Waals surface area (Å²) in [7, 11) is 1.71. The molecule has 0 spiro atoms. The van der Waals surface area contributed by atoms with E-state index in [0.717, 1.165) is 17.8 Å². The van der Waals surface area contributed by atoms with E-state index in [2.05, 4.69) is 41.6 Å². The number of pyridine rings is 2. The third-order valence-electron chi connectivity index (χ3n) is 6.45. The van der Waals surface area contributed by atoms with Crippen LogP contribution in [-0.4, -0.2) is 39.6 Å². The van der Waals surface area contributed by atoms with E-state index in [1.165, 1.54) is 6.07 Å². The highest BCUT2D eigenvalue weighted by molar-refractivity contribution is 6.30. The van der Waals surface area contributed by atoms with Gasteiger partial charge in [-0.2, -0.15) is 5.26 Å². The molecular formula is C24H25ClFN5O. The molecular weight excluding hydrogens is 429 g/mol. The summed E-state index contributed by atoms with van der Waals surface area (Å²) in [5.74, 6) is -0.421. The van der Waals surface area contributed by atoms with Crippen LogP contribution in [0, 0.1) is 17.1 Å². The molecule has 4 rings (SSSR count). The van der Waals surface area contributed by atoms with Crippen LogP contribution in [0.15, 0.2) is 41.2 Å². The molecule has 0 bridgehead atoms. The van der Waals surface area contributed by atoms with Crippen LogP contribution in [0.2, 0.25) is 5.02 Å². The topological polar surface area (TPSA) is 65.2 Å². The number of fused-ring (bicyclic) bond motifs is 1. The zero-order valence-electron chi connectivity index (χ0n) is 18.5. The average Bonchev–Trinajstić information content (AvgIpc) is 2.78. The molecule has 1 saturated heterocycles. The Labute approximate surface area is 191 Å². The van der Waals surface area contributed by atoms with Gasteiger partial charge in [0.25, 0.3) is 5.56 Å². The van der Waals surface area contributed by atoms with Crippen LogP contribution in [0.4, 0.5) is 10.1 Å². The van der Waals surface area contributed by atoms with Crippen LogP contribution in [0.5, 0.6) is 0 Å². The van der Waals surface area contributed by atoms with Gasteiger partial charge in [0.05, 0.1) is 16.2 Å². The second-order valence-corrected chi connectivity index (χ2v) is 8.91. The minimum absolute atomic E-state index is 0.0522. The summed E-state index contributed by atoms with van der Waals surface area (Å²) >= 11 is 6.01. The lowest BCUT2D eigenvalue weighted by Crippen LogP contribution is -2.57. The van der Waals surface area contributed by atoms with Crippen molar-refractivity contribution < 1.29 is 4.39 Å². The Morgan fingerprint density at radius 2 is 1.94 bits per heavy atom. The number of nitriles is 1. The van der Waals surface area contributed by atoms with Gasteiger partial charge in [-0.25, -0.2) is 9.37 Å². The monoisotopic (exact) mass is 453 g/mol. The lowest BCUT2D eigenvalue weighted by atomic mass is 10.00. The maximum Gasteiger partial charge on any atom is 0.252 e. The number of benzene rings is 1. The largest absolute Gasteiger partial charge is 0.364 e. The molecule has 1 aromatic carbocycles. The molecule has 0 aliphatic carbocycles. The van der Waals surface area contributed by atoms with Gasteiger partial charge in [0.2, 0.25) is 0 Å². The van der Waals surface area contributed by atoms with Gasteiger partial charge in [-0.05, 0) is 50.6 Å².